The lowest BCUT2D eigenvalue weighted by atomic mass is 10.0. The Balaban J connectivity index is 1.42. The van der Waals surface area contributed by atoms with Crippen molar-refractivity contribution >= 4 is 17.2 Å². The van der Waals surface area contributed by atoms with E-state index in [0.717, 1.165) is 41.1 Å². The van der Waals surface area contributed by atoms with Gasteiger partial charge in [-0.2, -0.15) is 0 Å². The van der Waals surface area contributed by atoms with E-state index >= 15 is 0 Å². The fraction of sp³-hybridized carbons (Fsp3) is 0.474. The maximum Gasteiger partial charge on any atom is 0.253 e. The summed E-state index contributed by atoms with van der Waals surface area (Å²) in [6, 6.07) is 7.76. The number of amides is 1. The molecule has 1 aromatic carbocycles. The van der Waals surface area contributed by atoms with Crippen molar-refractivity contribution in [3.8, 4) is 11.3 Å². The number of piperidine rings is 1. The van der Waals surface area contributed by atoms with Crippen LogP contribution in [0.1, 0.15) is 35.1 Å². The largest absolute Gasteiger partial charge is 0.347 e. The van der Waals surface area contributed by atoms with Crippen molar-refractivity contribution in [1.29, 1.82) is 0 Å². The maximum atomic E-state index is 12.7. The van der Waals surface area contributed by atoms with Gasteiger partial charge >= 0.3 is 0 Å². The lowest BCUT2D eigenvalue weighted by molar-refractivity contribution is -0.181. The summed E-state index contributed by atoms with van der Waals surface area (Å²) in [5.41, 5.74) is 2.76. The predicted molar refractivity (Wildman–Crippen MR) is 96.7 cm³/mol. The second-order valence-corrected chi connectivity index (χ2v) is 7.40. The summed E-state index contributed by atoms with van der Waals surface area (Å²) >= 11 is 1.68. The molecule has 1 amide bonds. The van der Waals surface area contributed by atoms with Gasteiger partial charge in [-0.05, 0) is 18.6 Å². The van der Waals surface area contributed by atoms with Crippen LogP contribution in [-0.2, 0) is 15.9 Å². The van der Waals surface area contributed by atoms with Gasteiger partial charge in [0.1, 0.15) is 0 Å². The molecule has 25 heavy (non-hydrogen) atoms. The lowest BCUT2D eigenvalue weighted by Crippen LogP contribution is -2.47. The smallest absolute Gasteiger partial charge is 0.253 e. The van der Waals surface area contributed by atoms with Gasteiger partial charge < -0.3 is 14.4 Å². The Kier molecular flexibility index (Phi) is 4.58. The average Bonchev–Trinajstić information content (AvgIpc) is 3.32. The first-order chi connectivity index (χ1) is 12.2. The third kappa shape index (κ3) is 3.34. The monoisotopic (exact) mass is 358 g/mol. The molecule has 0 unspecified atom stereocenters. The van der Waals surface area contributed by atoms with E-state index in [1.165, 1.54) is 0 Å². The molecule has 5 nitrogen and oxygen atoms in total. The molecule has 2 aliphatic rings. The minimum absolute atomic E-state index is 0.0759. The highest BCUT2D eigenvalue weighted by atomic mass is 32.1. The second-order valence-electron chi connectivity index (χ2n) is 6.46. The number of aryl methyl sites for hydroxylation is 1. The summed E-state index contributed by atoms with van der Waals surface area (Å²) in [7, 11) is 0. The molecule has 3 heterocycles. The number of aromatic nitrogens is 1. The first-order valence-corrected chi connectivity index (χ1v) is 9.69. The van der Waals surface area contributed by atoms with Crippen LogP contribution in [-0.4, -0.2) is 47.9 Å². The Bertz CT molecular complexity index is 740. The maximum absolute atomic E-state index is 12.7. The van der Waals surface area contributed by atoms with Crippen LogP contribution in [0.25, 0.3) is 11.3 Å². The fourth-order valence-corrected chi connectivity index (χ4v) is 4.16. The van der Waals surface area contributed by atoms with Gasteiger partial charge in [0.25, 0.3) is 5.91 Å². The number of hydrogen-bond donors (Lipinski definition) is 0. The number of nitrogens with zero attached hydrogens (tertiary/aromatic N) is 2. The van der Waals surface area contributed by atoms with E-state index in [0.29, 0.717) is 26.3 Å². The van der Waals surface area contributed by atoms with Crippen LogP contribution in [0.15, 0.2) is 29.6 Å². The topological polar surface area (TPSA) is 51.7 Å². The molecule has 0 saturated carbocycles. The van der Waals surface area contributed by atoms with Crippen LogP contribution >= 0.6 is 11.3 Å². The number of rotatable bonds is 3. The van der Waals surface area contributed by atoms with E-state index < -0.39 is 5.79 Å². The standard InChI is InChI=1S/C19H22N2O3S/c1-2-17-20-16(13-25-17)14-3-5-15(6-4-14)18(22)21-9-7-19(8-10-21)23-11-12-24-19/h3-6,13H,2,7-12H2,1H3. The Morgan fingerprint density at radius 2 is 1.88 bits per heavy atom. The summed E-state index contributed by atoms with van der Waals surface area (Å²) in [6.07, 6.45) is 2.44. The van der Waals surface area contributed by atoms with Crippen molar-refractivity contribution in [3.63, 3.8) is 0 Å². The molecule has 0 aliphatic carbocycles. The van der Waals surface area contributed by atoms with E-state index in [2.05, 4.69) is 17.3 Å². The molecule has 2 aromatic rings. The SMILES string of the molecule is CCc1nc(-c2ccc(C(=O)N3CCC4(CC3)OCCO4)cc2)cs1. The first kappa shape index (κ1) is 16.7. The highest BCUT2D eigenvalue weighted by Crippen LogP contribution is 2.32. The van der Waals surface area contributed by atoms with Crippen LogP contribution in [0, 0.1) is 0 Å². The lowest BCUT2D eigenvalue weighted by Gasteiger charge is -2.37. The van der Waals surface area contributed by atoms with Crippen LogP contribution in [0.4, 0.5) is 0 Å². The third-order valence-electron chi connectivity index (χ3n) is 4.91. The van der Waals surface area contributed by atoms with Crippen molar-refractivity contribution in [2.24, 2.45) is 0 Å². The number of ether oxygens (including phenoxy) is 2. The minimum atomic E-state index is -0.442. The van der Waals surface area contributed by atoms with E-state index in [1.54, 1.807) is 11.3 Å². The van der Waals surface area contributed by atoms with E-state index in [9.17, 15) is 4.79 Å². The molecular formula is C19H22N2O3S. The Labute approximate surface area is 151 Å². The molecular weight excluding hydrogens is 336 g/mol. The van der Waals surface area contributed by atoms with Gasteiger partial charge in [-0.1, -0.05) is 19.1 Å². The zero-order valence-electron chi connectivity index (χ0n) is 14.4. The molecule has 2 saturated heterocycles. The number of hydrogen-bond acceptors (Lipinski definition) is 5. The van der Waals surface area contributed by atoms with Gasteiger partial charge in [-0.15, -0.1) is 11.3 Å². The molecule has 0 N–H and O–H groups in total. The Hall–Kier alpha value is -1.76. The van der Waals surface area contributed by atoms with E-state index in [-0.39, 0.29) is 5.91 Å². The van der Waals surface area contributed by atoms with Crippen molar-refractivity contribution in [2.45, 2.75) is 32.0 Å². The van der Waals surface area contributed by atoms with Gasteiger partial charge in [0.2, 0.25) is 0 Å². The van der Waals surface area contributed by atoms with E-state index in [1.807, 2.05) is 29.2 Å². The van der Waals surface area contributed by atoms with Gasteiger partial charge in [0.15, 0.2) is 5.79 Å². The molecule has 0 bridgehead atoms. The van der Waals surface area contributed by atoms with Gasteiger partial charge in [-0.3, -0.25) is 4.79 Å². The number of carbonyl (C=O) groups excluding carboxylic acids is 1. The quantitative estimate of drug-likeness (QED) is 0.844. The molecule has 2 aliphatic heterocycles. The summed E-state index contributed by atoms with van der Waals surface area (Å²) in [4.78, 5) is 19.2. The van der Waals surface area contributed by atoms with E-state index in [4.69, 9.17) is 9.47 Å². The highest BCUT2D eigenvalue weighted by Gasteiger charge is 2.40. The molecule has 0 atom stereocenters. The molecule has 1 aromatic heterocycles. The van der Waals surface area contributed by atoms with Crippen molar-refractivity contribution in [1.82, 2.24) is 9.88 Å². The summed E-state index contributed by atoms with van der Waals surface area (Å²) in [5, 5.41) is 3.20. The number of likely N-dealkylation sites (tertiary alicyclic amines) is 1. The summed E-state index contributed by atoms with van der Waals surface area (Å²) in [5.74, 6) is -0.366. The molecule has 6 heteroatoms. The summed E-state index contributed by atoms with van der Waals surface area (Å²) < 4.78 is 11.4. The number of thiazole rings is 1. The van der Waals surface area contributed by atoms with Crippen LogP contribution in [0.5, 0.6) is 0 Å². The normalized spacial score (nSPS) is 19.5. The average molecular weight is 358 g/mol. The van der Waals surface area contributed by atoms with Gasteiger partial charge in [-0.25, -0.2) is 4.98 Å². The summed E-state index contributed by atoms with van der Waals surface area (Å²) in [6.45, 7) is 4.77. The molecule has 1 spiro atoms. The molecule has 2 fully saturated rings. The zero-order valence-corrected chi connectivity index (χ0v) is 15.2. The minimum Gasteiger partial charge on any atom is -0.347 e. The first-order valence-electron chi connectivity index (χ1n) is 8.81. The second kappa shape index (κ2) is 6.86. The number of carbonyl (C=O) groups is 1. The predicted octanol–water partition coefficient (Wildman–Crippen LogP) is 3.35. The van der Waals surface area contributed by atoms with Crippen molar-refractivity contribution < 1.29 is 14.3 Å². The van der Waals surface area contributed by atoms with Crippen LogP contribution in [0.3, 0.4) is 0 Å². The molecule has 0 radical (unpaired) electrons. The molecule has 4 rings (SSSR count). The fourth-order valence-electron chi connectivity index (χ4n) is 3.41. The van der Waals surface area contributed by atoms with Crippen LogP contribution < -0.4 is 0 Å². The van der Waals surface area contributed by atoms with Gasteiger partial charge in [0.05, 0.1) is 23.9 Å². The highest BCUT2D eigenvalue weighted by molar-refractivity contribution is 7.09. The zero-order chi connectivity index (χ0) is 17.3. The van der Waals surface area contributed by atoms with Crippen molar-refractivity contribution in [2.75, 3.05) is 26.3 Å². The van der Waals surface area contributed by atoms with Crippen molar-refractivity contribution in [3.05, 3.63) is 40.2 Å². The Morgan fingerprint density at radius 1 is 1.20 bits per heavy atom. The third-order valence-corrected chi connectivity index (χ3v) is 5.90. The molecule has 132 valence electrons. The Morgan fingerprint density at radius 3 is 2.48 bits per heavy atom. The van der Waals surface area contributed by atoms with Crippen LogP contribution in [0.2, 0.25) is 0 Å². The number of benzene rings is 1. The van der Waals surface area contributed by atoms with Gasteiger partial charge in [0, 0.05) is 42.4 Å².